The van der Waals surface area contributed by atoms with Crippen molar-refractivity contribution in [3.05, 3.63) is 34.9 Å². The van der Waals surface area contributed by atoms with Gasteiger partial charge in [-0.1, -0.05) is 29.8 Å². The number of carbonyl (C=O) groups is 1. The fraction of sp³-hybridized carbons (Fsp3) is 0.417. The number of ether oxygens (including phenoxy) is 1. The third-order valence-corrected chi connectivity index (χ3v) is 3.56. The summed E-state index contributed by atoms with van der Waals surface area (Å²) in [6.45, 7) is 0. The molecule has 2 rings (SSSR count). The van der Waals surface area contributed by atoms with Gasteiger partial charge in [0.2, 0.25) is 0 Å². The summed E-state index contributed by atoms with van der Waals surface area (Å²) in [5, 5.41) is 0.602. The van der Waals surface area contributed by atoms with E-state index in [0.717, 1.165) is 18.4 Å². The lowest BCUT2D eigenvalue weighted by Gasteiger charge is -2.22. The Morgan fingerprint density at radius 1 is 1.50 bits per heavy atom. The minimum atomic E-state index is -0.556. The lowest BCUT2D eigenvalue weighted by molar-refractivity contribution is -0.148. The summed E-state index contributed by atoms with van der Waals surface area (Å²) < 4.78 is 4.80. The van der Waals surface area contributed by atoms with E-state index in [1.54, 1.807) is 6.07 Å². The molecule has 4 heteroatoms. The number of carbonyl (C=O) groups excluding carboxylic acids is 1. The number of esters is 1. The maximum Gasteiger partial charge on any atom is 0.313 e. The first-order valence-corrected chi connectivity index (χ1v) is 5.58. The van der Waals surface area contributed by atoms with Gasteiger partial charge in [-0.2, -0.15) is 0 Å². The first kappa shape index (κ1) is 11.4. The normalized spacial score (nSPS) is 18.9. The largest absolute Gasteiger partial charge is 0.469 e. The average Bonchev–Trinajstić information content (AvgIpc) is 3.09. The topological polar surface area (TPSA) is 52.3 Å². The summed E-state index contributed by atoms with van der Waals surface area (Å²) >= 11 is 6.07. The molecule has 0 heterocycles. The van der Waals surface area contributed by atoms with Gasteiger partial charge in [-0.05, 0) is 24.5 Å². The van der Waals surface area contributed by atoms with Gasteiger partial charge in [0.1, 0.15) is 0 Å². The standard InChI is InChI=1S/C12H14ClNO2/c1-16-11(15)12(6-7-12)10(14)8-4-2-3-5-9(8)13/h2-5,10H,6-7,14H2,1H3. The van der Waals surface area contributed by atoms with Crippen LogP contribution in [0.2, 0.25) is 5.02 Å². The van der Waals surface area contributed by atoms with E-state index in [1.807, 2.05) is 18.2 Å². The van der Waals surface area contributed by atoms with Crippen molar-refractivity contribution in [1.29, 1.82) is 0 Å². The highest BCUT2D eigenvalue weighted by molar-refractivity contribution is 6.31. The van der Waals surface area contributed by atoms with Gasteiger partial charge >= 0.3 is 5.97 Å². The van der Waals surface area contributed by atoms with Crippen LogP contribution < -0.4 is 5.73 Å². The Kier molecular flexibility index (Phi) is 2.91. The SMILES string of the molecule is COC(=O)C1(C(N)c2ccccc2Cl)CC1. The van der Waals surface area contributed by atoms with Gasteiger partial charge in [-0.3, -0.25) is 4.79 Å². The second-order valence-electron chi connectivity index (χ2n) is 4.15. The summed E-state index contributed by atoms with van der Waals surface area (Å²) in [5.74, 6) is -0.236. The maximum absolute atomic E-state index is 11.7. The predicted molar refractivity (Wildman–Crippen MR) is 62.1 cm³/mol. The van der Waals surface area contributed by atoms with Gasteiger partial charge in [-0.25, -0.2) is 0 Å². The van der Waals surface area contributed by atoms with E-state index in [-0.39, 0.29) is 12.0 Å². The Balaban J connectivity index is 2.30. The molecule has 0 amide bonds. The molecule has 0 aliphatic heterocycles. The van der Waals surface area contributed by atoms with Gasteiger partial charge in [0.25, 0.3) is 0 Å². The van der Waals surface area contributed by atoms with Crippen molar-refractivity contribution in [3.8, 4) is 0 Å². The molecule has 1 fully saturated rings. The minimum absolute atomic E-state index is 0.236. The van der Waals surface area contributed by atoms with E-state index in [4.69, 9.17) is 22.1 Å². The number of rotatable bonds is 3. The van der Waals surface area contributed by atoms with Gasteiger partial charge in [0, 0.05) is 11.1 Å². The summed E-state index contributed by atoms with van der Waals surface area (Å²) in [7, 11) is 1.39. The number of benzene rings is 1. The highest BCUT2D eigenvalue weighted by atomic mass is 35.5. The number of hydrogen-bond donors (Lipinski definition) is 1. The van der Waals surface area contributed by atoms with Crippen molar-refractivity contribution in [2.75, 3.05) is 7.11 Å². The van der Waals surface area contributed by atoms with Crippen LogP contribution in [-0.4, -0.2) is 13.1 Å². The van der Waals surface area contributed by atoms with Crippen molar-refractivity contribution < 1.29 is 9.53 Å². The van der Waals surface area contributed by atoms with E-state index in [2.05, 4.69) is 0 Å². The Morgan fingerprint density at radius 3 is 2.62 bits per heavy atom. The molecule has 16 heavy (non-hydrogen) atoms. The number of nitrogens with two attached hydrogens (primary N) is 1. The Bertz CT molecular complexity index is 415. The van der Waals surface area contributed by atoms with E-state index in [0.29, 0.717) is 5.02 Å². The summed E-state index contributed by atoms with van der Waals surface area (Å²) in [5.41, 5.74) is 6.38. The van der Waals surface area contributed by atoms with Crippen LogP contribution in [0.5, 0.6) is 0 Å². The molecule has 0 aromatic heterocycles. The second kappa shape index (κ2) is 4.07. The molecule has 0 radical (unpaired) electrons. The highest BCUT2D eigenvalue weighted by Crippen LogP contribution is 2.55. The summed E-state index contributed by atoms with van der Waals surface area (Å²) in [6, 6.07) is 6.97. The molecule has 1 aliphatic carbocycles. The third kappa shape index (κ3) is 1.70. The third-order valence-electron chi connectivity index (χ3n) is 3.22. The molecule has 1 aromatic rings. The summed E-state index contributed by atoms with van der Waals surface area (Å²) in [4.78, 5) is 11.7. The van der Waals surface area contributed by atoms with Crippen molar-refractivity contribution in [2.24, 2.45) is 11.1 Å². The smallest absolute Gasteiger partial charge is 0.313 e. The molecule has 3 nitrogen and oxygen atoms in total. The van der Waals surface area contributed by atoms with E-state index in [9.17, 15) is 4.79 Å². The molecule has 0 spiro atoms. The lowest BCUT2D eigenvalue weighted by Crippen LogP contribution is -2.31. The van der Waals surface area contributed by atoms with Crippen LogP contribution in [0.25, 0.3) is 0 Å². The molecular formula is C12H14ClNO2. The van der Waals surface area contributed by atoms with Crippen LogP contribution >= 0.6 is 11.6 Å². The van der Waals surface area contributed by atoms with E-state index < -0.39 is 5.41 Å². The molecule has 2 N–H and O–H groups in total. The number of halogens is 1. The molecule has 1 aromatic carbocycles. The molecule has 1 aliphatic rings. The molecule has 1 saturated carbocycles. The van der Waals surface area contributed by atoms with Crippen LogP contribution in [0, 0.1) is 5.41 Å². The minimum Gasteiger partial charge on any atom is -0.469 e. The van der Waals surface area contributed by atoms with Gasteiger partial charge < -0.3 is 10.5 Å². The number of methoxy groups -OCH3 is 1. The van der Waals surface area contributed by atoms with Crippen LogP contribution in [-0.2, 0) is 9.53 Å². The van der Waals surface area contributed by atoms with E-state index >= 15 is 0 Å². The molecule has 1 unspecified atom stereocenters. The fourth-order valence-corrected chi connectivity index (χ4v) is 2.26. The van der Waals surface area contributed by atoms with Crippen LogP contribution in [0.4, 0.5) is 0 Å². The molecule has 86 valence electrons. The van der Waals surface area contributed by atoms with Gasteiger partial charge in [0.05, 0.1) is 12.5 Å². The zero-order valence-corrected chi connectivity index (χ0v) is 9.83. The van der Waals surface area contributed by atoms with Gasteiger partial charge in [-0.15, -0.1) is 0 Å². The lowest BCUT2D eigenvalue weighted by atomic mass is 9.91. The second-order valence-corrected chi connectivity index (χ2v) is 4.55. The maximum atomic E-state index is 11.7. The zero-order chi connectivity index (χ0) is 11.8. The molecule has 0 saturated heterocycles. The molecule has 0 bridgehead atoms. The van der Waals surface area contributed by atoms with E-state index in [1.165, 1.54) is 7.11 Å². The Hall–Kier alpha value is -1.06. The quantitative estimate of drug-likeness (QED) is 0.824. The fourth-order valence-electron chi connectivity index (χ4n) is 2.01. The average molecular weight is 240 g/mol. The van der Waals surface area contributed by atoms with Crippen LogP contribution in [0.15, 0.2) is 24.3 Å². The summed E-state index contributed by atoms with van der Waals surface area (Å²) in [6.07, 6.45) is 1.54. The number of hydrogen-bond acceptors (Lipinski definition) is 3. The van der Waals surface area contributed by atoms with Crippen molar-refractivity contribution in [3.63, 3.8) is 0 Å². The zero-order valence-electron chi connectivity index (χ0n) is 9.07. The van der Waals surface area contributed by atoms with Crippen molar-refractivity contribution in [1.82, 2.24) is 0 Å². The highest BCUT2D eigenvalue weighted by Gasteiger charge is 2.56. The first-order chi connectivity index (χ1) is 7.62. The Labute approximate surface area is 99.5 Å². The first-order valence-electron chi connectivity index (χ1n) is 5.20. The monoisotopic (exact) mass is 239 g/mol. The van der Waals surface area contributed by atoms with Crippen LogP contribution in [0.3, 0.4) is 0 Å². The molecule has 1 atom stereocenters. The Morgan fingerprint density at radius 2 is 2.12 bits per heavy atom. The van der Waals surface area contributed by atoms with Crippen molar-refractivity contribution in [2.45, 2.75) is 18.9 Å². The van der Waals surface area contributed by atoms with Gasteiger partial charge in [0.15, 0.2) is 0 Å². The predicted octanol–water partition coefficient (Wildman–Crippen LogP) is 2.29. The van der Waals surface area contributed by atoms with Crippen molar-refractivity contribution >= 4 is 17.6 Å². The van der Waals surface area contributed by atoms with Crippen LogP contribution in [0.1, 0.15) is 24.4 Å². The molecular weight excluding hydrogens is 226 g/mol.